The van der Waals surface area contributed by atoms with Crippen LogP contribution in [0.3, 0.4) is 0 Å². The number of hydrogen-bond acceptors (Lipinski definition) is 5. The van der Waals surface area contributed by atoms with E-state index < -0.39 is 10.8 Å². The van der Waals surface area contributed by atoms with Gasteiger partial charge in [0.05, 0.1) is 17.2 Å². The molecule has 112 valence electrons. The van der Waals surface area contributed by atoms with E-state index >= 15 is 0 Å². The second-order valence-corrected chi connectivity index (χ2v) is 4.75. The van der Waals surface area contributed by atoms with Crippen molar-refractivity contribution in [3.05, 3.63) is 39.0 Å². The third-order valence-corrected chi connectivity index (χ3v) is 3.29. The summed E-state index contributed by atoms with van der Waals surface area (Å²) in [4.78, 5) is 22.5. The Labute approximate surface area is 120 Å². The van der Waals surface area contributed by atoms with Gasteiger partial charge in [0.25, 0.3) is 5.91 Å². The lowest BCUT2D eigenvalue weighted by atomic mass is 10.3. The molecule has 0 spiro atoms. The van der Waals surface area contributed by atoms with Crippen LogP contribution in [-0.4, -0.2) is 30.4 Å². The van der Waals surface area contributed by atoms with Crippen molar-refractivity contribution >= 4 is 11.6 Å². The molecule has 0 aliphatic carbocycles. The van der Waals surface area contributed by atoms with Crippen LogP contribution in [0, 0.1) is 24.0 Å². The average Bonchev–Trinajstić information content (AvgIpc) is 2.88. The summed E-state index contributed by atoms with van der Waals surface area (Å²) in [5, 5.41) is 21.7. The first kappa shape index (κ1) is 14.7. The number of amides is 1. The molecule has 1 amide bonds. The molecular weight excluding hydrogens is 276 g/mol. The highest BCUT2D eigenvalue weighted by molar-refractivity contribution is 5.96. The monoisotopic (exact) mass is 292 g/mol. The molecule has 0 fully saturated rings. The molecule has 0 radical (unpaired) electrons. The largest absolute Gasteiger partial charge is 0.345 e. The standard InChI is InChI=1S/C12H16N6O3/c1-7-5-9(14-16(7)3)6-13-12(19)10-11(18(20)21)8(2)17(4)15-10/h5H,6H2,1-4H3,(H,13,19). The Morgan fingerprint density at radius 3 is 2.52 bits per heavy atom. The summed E-state index contributed by atoms with van der Waals surface area (Å²) in [5.74, 6) is -0.589. The number of aromatic nitrogens is 4. The minimum absolute atomic E-state index is 0.187. The van der Waals surface area contributed by atoms with E-state index in [2.05, 4.69) is 15.5 Å². The van der Waals surface area contributed by atoms with Crippen molar-refractivity contribution in [3.8, 4) is 0 Å². The van der Waals surface area contributed by atoms with Crippen LogP contribution in [0.1, 0.15) is 27.6 Å². The molecule has 0 bridgehead atoms. The number of rotatable bonds is 4. The van der Waals surface area contributed by atoms with Gasteiger partial charge in [0.1, 0.15) is 5.69 Å². The van der Waals surface area contributed by atoms with Crippen LogP contribution in [0.25, 0.3) is 0 Å². The van der Waals surface area contributed by atoms with E-state index in [4.69, 9.17) is 0 Å². The molecule has 1 N–H and O–H groups in total. The fourth-order valence-corrected chi connectivity index (χ4v) is 1.94. The summed E-state index contributed by atoms with van der Waals surface area (Å²) in [6.07, 6.45) is 0. The SMILES string of the molecule is Cc1cc(CNC(=O)c2nn(C)c(C)c2[N+](=O)[O-])nn1C. The molecule has 0 atom stereocenters. The lowest BCUT2D eigenvalue weighted by Crippen LogP contribution is -2.24. The summed E-state index contributed by atoms with van der Waals surface area (Å²) in [7, 11) is 3.36. The molecule has 2 aromatic heterocycles. The van der Waals surface area contributed by atoms with E-state index in [0.29, 0.717) is 11.4 Å². The van der Waals surface area contributed by atoms with E-state index in [1.165, 1.54) is 4.68 Å². The van der Waals surface area contributed by atoms with E-state index in [-0.39, 0.29) is 17.9 Å². The van der Waals surface area contributed by atoms with E-state index in [9.17, 15) is 14.9 Å². The van der Waals surface area contributed by atoms with Gasteiger partial charge in [-0.25, -0.2) is 0 Å². The summed E-state index contributed by atoms with van der Waals surface area (Å²) in [6, 6.07) is 1.83. The lowest BCUT2D eigenvalue weighted by molar-refractivity contribution is -0.385. The predicted octanol–water partition coefficient (Wildman–Crippen LogP) is 0.609. The van der Waals surface area contributed by atoms with Gasteiger partial charge in [-0.2, -0.15) is 10.2 Å². The zero-order valence-electron chi connectivity index (χ0n) is 12.2. The Hall–Kier alpha value is -2.71. The van der Waals surface area contributed by atoms with Crippen LogP contribution in [0.4, 0.5) is 5.69 Å². The first-order valence-electron chi connectivity index (χ1n) is 6.27. The van der Waals surface area contributed by atoms with Crippen LogP contribution in [0.2, 0.25) is 0 Å². The lowest BCUT2D eigenvalue weighted by Gasteiger charge is -2.00. The maximum atomic E-state index is 12.1. The Bertz CT molecular complexity index is 695. The molecular formula is C12H16N6O3. The van der Waals surface area contributed by atoms with Gasteiger partial charge in [0.2, 0.25) is 5.69 Å². The fourth-order valence-electron chi connectivity index (χ4n) is 1.94. The second kappa shape index (κ2) is 5.35. The number of carbonyl (C=O) groups excluding carboxylic acids is 1. The zero-order valence-corrected chi connectivity index (χ0v) is 12.2. The summed E-state index contributed by atoms with van der Waals surface area (Å²) in [5.41, 5.74) is 1.51. The molecule has 2 heterocycles. The second-order valence-electron chi connectivity index (χ2n) is 4.75. The smallest absolute Gasteiger partial charge is 0.322 e. The van der Waals surface area contributed by atoms with Crippen LogP contribution in [0.15, 0.2) is 6.07 Å². The molecule has 9 nitrogen and oxygen atoms in total. The molecule has 2 rings (SSSR count). The maximum absolute atomic E-state index is 12.1. The van der Waals surface area contributed by atoms with Crippen LogP contribution in [0.5, 0.6) is 0 Å². The topological polar surface area (TPSA) is 108 Å². The number of nitrogens with one attached hydrogen (secondary N) is 1. The molecule has 0 saturated carbocycles. The van der Waals surface area contributed by atoms with E-state index in [1.807, 2.05) is 13.0 Å². The van der Waals surface area contributed by atoms with Gasteiger partial charge >= 0.3 is 5.69 Å². The van der Waals surface area contributed by atoms with Crippen molar-refractivity contribution in [3.63, 3.8) is 0 Å². The van der Waals surface area contributed by atoms with Crippen molar-refractivity contribution in [2.75, 3.05) is 0 Å². The van der Waals surface area contributed by atoms with Gasteiger partial charge in [-0.1, -0.05) is 0 Å². The summed E-state index contributed by atoms with van der Waals surface area (Å²) >= 11 is 0. The first-order valence-corrected chi connectivity index (χ1v) is 6.27. The Morgan fingerprint density at radius 1 is 1.33 bits per heavy atom. The molecule has 0 aromatic carbocycles. The molecule has 0 aliphatic rings. The summed E-state index contributed by atoms with van der Waals surface area (Å²) < 4.78 is 3.01. The molecule has 9 heteroatoms. The first-order chi connectivity index (χ1) is 9.81. The number of nitrogens with zero attached hydrogens (tertiary/aromatic N) is 5. The normalized spacial score (nSPS) is 10.7. The molecule has 2 aromatic rings. The number of aryl methyl sites for hydroxylation is 3. The van der Waals surface area contributed by atoms with Crippen LogP contribution >= 0.6 is 0 Å². The van der Waals surface area contributed by atoms with Crippen molar-refractivity contribution in [1.82, 2.24) is 24.9 Å². The third-order valence-electron chi connectivity index (χ3n) is 3.29. The minimum Gasteiger partial charge on any atom is -0.345 e. The van der Waals surface area contributed by atoms with Crippen molar-refractivity contribution in [2.45, 2.75) is 20.4 Å². The van der Waals surface area contributed by atoms with E-state index in [0.717, 1.165) is 5.69 Å². The maximum Gasteiger partial charge on any atom is 0.322 e. The number of carbonyl (C=O) groups is 1. The average molecular weight is 292 g/mol. The quantitative estimate of drug-likeness (QED) is 0.656. The van der Waals surface area contributed by atoms with E-state index in [1.54, 1.807) is 25.7 Å². The van der Waals surface area contributed by atoms with Gasteiger partial charge < -0.3 is 5.32 Å². The van der Waals surface area contributed by atoms with Crippen molar-refractivity contribution < 1.29 is 9.72 Å². The van der Waals surface area contributed by atoms with Crippen LogP contribution in [-0.2, 0) is 20.6 Å². The highest BCUT2D eigenvalue weighted by atomic mass is 16.6. The van der Waals surface area contributed by atoms with Gasteiger partial charge in [0, 0.05) is 19.8 Å². The minimum atomic E-state index is -0.595. The predicted molar refractivity (Wildman–Crippen MR) is 73.7 cm³/mol. The van der Waals surface area contributed by atoms with Crippen LogP contribution < -0.4 is 5.32 Å². The van der Waals surface area contributed by atoms with Gasteiger partial charge in [0.15, 0.2) is 0 Å². The Morgan fingerprint density at radius 2 is 2.00 bits per heavy atom. The molecule has 21 heavy (non-hydrogen) atoms. The van der Waals surface area contributed by atoms with Crippen molar-refractivity contribution in [1.29, 1.82) is 0 Å². The summed E-state index contributed by atoms with van der Waals surface area (Å²) in [6.45, 7) is 3.63. The zero-order chi connectivity index (χ0) is 15.7. The molecule has 0 saturated heterocycles. The van der Waals surface area contributed by atoms with Crippen molar-refractivity contribution in [2.24, 2.45) is 14.1 Å². The highest BCUT2D eigenvalue weighted by Gasteiger charge is 2.28. The Kier molecular flexibility index (Phi) is 3.74. The van der Waals surface area contributed by atoms with Gasteiger partial charge in [-0.15, -0.1) is 0 Å². The number of nitro groups is 1. The highest BCUT2D eigenvalue weighted by Crippen LogP contribution is 2.21. The van der Waals surface area contributed by atoms with Gasteiger partial charge in [-0.3, -0.25) is 24.3 Å². The fraction of sp³-hybridized carbons (Fsp3) is 0.417. The molecule has 0 aliphatic heterocycles. The Balaban J connectivity index is 2.17. The molecule has 0 unspecified atom stereocenters. The number of hydrogen-bond donors (Lipinski definition) is 1. The third kappa shape index (κ3) is 2.76. The van der Waals surface area contributed by atoms with Gasteiger partial charge in [-0.05, 0) is 19.9 Å².